The van der Waals surface area contributed by atoms with Gasteiger partial charge in [-0.1, -0.05) is 115 Å². The first kappa shape index (κ1) is 24.9. The molecule has 0 aliphatic carbocycles. The first-order valence-corrected chi connectivity index (χ1v) is 14.4. The fraction of sp³-hybridized carbons (Fsp3) is 0.0278. The Balaban J connectivity index is 1.51. The van der Waals surface area contributed by atoms with Crippen LogP contribution in [0.3, 0.4) is 0 Å². The van der Waals surface area contributed by atoms with E-state index < -0.39 is 0 Å². The van der Waals surface area contributed by atoms with Gasteiger partial charge in [0.25, 0.3) is 0 Å². The van der Waals surface area contributed by atoms with Crippen molar-refractivity contribution >= 4 is 28.3 Å². The molecule has 196 valence electrons. The summed E-state index contributed by atoms with van der Waals surface area (Å²) in [6, 6.07) is 43.6. The van der Waals surface area contributed by atoms with Crippen molar-refractivity contribution in [3.8, 4) is 50.4 Å². The number of thiazole rings is 1. The summed E-state index contributed by atoms with van der Waals surface area (Å²) in [5, 5.41) is 2.12. The summed E-state index contributed by atoms with van der Waals surface area (Å²) < 4.78 is 2.23. The van der Waals surface area contributed by atoms with Crippen molar-refractivity contribution in [1.29, 1.82) is 0 Å². The summed E-state index contributed by atoms with van der Waals surface area (Å²) in [7, 11) is 0. The fourth-order valence-electron chi connectivity index (χ4n) is 5.08. The lowest BCUT2D eigenvalue weighted by Crippen LogP contribution is -2.04. The van der Waals surface area contributed by atoms with E-state index in [9.17, 15) is 0 Å². The molecule has 3 heterocycles. The van der Waals surface area contributed by atoms with E-state index in [2.05, 4.69) is 102 Å². The van der Waals surface area contributed by atoms with E-state index in [0.29, 0.717) is 5.82 Å². The number of hydrogen-bond donors (Lipinski definition) is 0. The molecule has 0 fully saturated rings. The molecular weight excluding hydrogens is 520 g/mol. The Morgan fingerprint density at radius 1 is 0.634 bits per heavy atom. The maximum absolute atomic E-state index is 5.21. The maximum Gasteiger partial charge on any atom is 0.162 e. The van der Waals surface area contributed by atoms with Crippen LogP contribution in [0.25, 0.3) is 67.4 Å². The van der Waals surface area contributed by atoms with Crippen LogP contribution in [0.5, 0.6) is 0 Å². The molecular formula is C36H26N4S. The van der Waals surface area contributed by atoms with Crippen LogP contribution in [0.1, 0.15) is 11.8 Å². The quantitative estimate of drug-likeness (QED) is 0.209. The predicted octanol–water partition coefficient (Wildman–Crippen LogP) is 9.58. The number of aromatic nitrogens is 4. The predicted molar refractivity (Wildman–Crippen MR) is 171 cm³/mol. The summed E-state index contributed by atoms with van der Waals surface area (Å²) in [6.45, 7) is 2.05. The van der Waals surface area contributed by atoms with E-state index in [1.807, 2.05) is 49.4 Å². The lowest BCUT2D eigenvalue weighted by molar-refractivity contribution is 1.02. The van der Waals surface area contributed by atoms with Gasteiger partial charge in [0.05, 0.1) is 21.8 Å². The van der Waals surface area contributed by atoms with Crippen LogP contribution < -0.4 is 0 Å². The van der Waals surface area contributed by atoms with Gasteiger partial charge in [-0.25, -0.2) is 15.0 Å². The van der Waals surface area contributed by atoms with Gasteiger partial charge in [-0.2, -0.15) is 0 Å². The van der Waals surface area contributed by atoms with Crippen molar-refractivity contribution in [2.75, 3.05) is 0 Å². The molecule has 0 aliphatic heterocycles. The average Bonchev–Trinajstić information content (AvgIpc) is 3.64. The van der Waals surface area contributed by atoms with E-state index in [4.69, 9.17) is 15.0 Å². The third-order valence-corrected chi connectivity index (χ3v) is 8.06. The second-order valence-corrected chi connectivity index (χ2v) is 10.7. The highest BCUT2D eigenvalue weighted by atomic mass is 32.1. The van der Waals surface area contributed by atoms with Gasteiger partial charge in [0.1, 0.15) is 16.5 Å². The standard InChI is InChI=1S/C36H26N4S/c1-2-14-32-34(39-36(41-32)27-19-10-5-11-20-27)31-23-28-21-12-13-22-30(28)40(31)33-24-29(25-15-6-3-7-16-25)37-35(38-33)26-17-8-4-9-18-26/h2-24H,1H3/b14-2-. The van der Waals surface area contributed by atoms with Gasteiger partial charge in [0.2, 0.25) is 0 Å². The van der Waals surface area contributed by atoms with Gasteiger partial charge in [0.15, 0.2) is 5.82 Å². The molecule has 0 aliphatic rings. The van der Waals surface area contributed by atoms with E-state index in [1.165, 1.54) is 0 Å². The SMILES string of the molecule is C/C=C\c1sc(-c2ccccc2)nc1-c1cc2ccccc2n1-c1cc(-c2ccccc2)nc(-c2ccccc2)n1. The molecule has 5 heteroatoms. The monoisotopic (exact) mass is 546 g/mol. The Morgan fingerprint density at radius 3 is 1.98 bits per heavy atom. The van der Waals surface area contributed by atoms with Crippen LogP contribution in [0, 0.1) is 0 Å². The first-order chi connectivity index (χ1) is 20.3. The molecule has 0 radical (unpaired) electrons. The molecule has 4 aromatic carbocycles. The third kappa shape index (κ3) is 4.77. The average molecular weight is 547 g/mol. The van der Waals surface area contributed by atoms with Crippen LogP contribution in [-0.4, -0.2) is 19.5 Å². The van der Waals surface area contributed by atoms with E-state index in [0.717, 1.165) is 60.4 Å². The zero-order valence-corrected chi connectivity index (χ0v) is 23.3. The largest absolute Gasteiger partial charge is 0.292 e. The van der Waals surface area contributed by atoms with Crippen LogP contribution in [-0.2, 0) is 0 Å². The molecule has 0 atom stereocenters. The highest BCUT2D eigenvalue weighted by Gasteiger charge is 2.21. The zero-order chi connectivity index (χ0) is 27.6. The highest BCUT2D eigenvalue weighted by molar-refractivity contribution is 7.16. The van der Waals surface area contributed by atoms with Gasteiger partial charge in [-0.05, 0) is 25.1 Å². The molecule has 7 rings (SSSR count). The molecule has 3 aromatic heterocycles. The normalized spacial score (nSPS) is 11.4. The number of para-hydroxylation sites is 1. The number of fused-ring (bicyclic) bond motifs is 1. The minimum Gasteiger partial charge on any atom is -0.292 e. The molecule has 0 N–H and O–H groups in total. The molecule has 0 spiro atoms. The van der Waals surface area contributed by atoms with Crippen molar-refractivity contribution in [2.24, 2.45) is 0 Å². The Labute approximate surface area is 243 Å². The number of allylic oxidation sites excluding steroid dienone is 1. The van der Waals surface area contributed by atoms with Crippen molar-refractivity contribution in [3.05, 3.63) is 138 Å². The smallest absolute Gasteiger partial charge is 0.162 e. The molecule has 0 bridgehead atoms. The first-order valence-electron chi connectivity index (χ1n) is 13.6. The van der Waals surface area contributed by atoms with Crippen molar-refractivity contribution in [1.82, 2.24) is 19.5 Å². The van der Waals surface area contributed by atoms with Gasteiger partial charge in [-0.3, -0.25) is 4.57 Å². The zero-order valence-electron chi connectivity index (χ0n) is 22.5. The van der Waals surface area contributed by atoms with Gasteiger partial charge in [-0.15, -0.1) is 11.3 Å². The summed E-state index contributed by atoms with van der Waals surface area (Å²) in [5.41, 5.74) is 6.99. The van der Waals surface area contributed by atoms with Gasteiger partial charge >= 0.3 is 0 Å². The summed E-state index contributed by atoms with van der Waals surface area (Å²) in [6.07, 6.45) is 4.22. The van der Waals surface area contributed by atoms with Gasteiger partial charge in [0, 0.05) is 28.1 Å². The molecule has 41 heavy (non-hydrogen) atoms. The Bertz CT molecular complexity index is 1930. The van der Waals surface area contributed by atoms with Crippen LogP contribution in [0.2, 0.25) is 0 Å². The topological polar surface area (TPSA) is 43.6 Å². The number of nitrogens with zero attached hydrogens (tertiary/aromatic N) is 4. The summed E-state index contributed by atoms with van der Waals surface area (Å²) >= 11 is 1.70. The van der Waals surface area contributed by atoms with Crippen LogP contribution in [0.4, 0.5) is 0 Å². The van der Waals surface area contributed by atoms with Crippen LogP contribution in [0.15, 0.2) is 133 Å². The molecule has 0 amide bonds. The minimum atomic E-state index is 0.683. The minimum absolute atomic E-state index is 0.683. The molecule has 7 aromatic rings. The summed E-state index contributed by atoms with van der Waals surface area (Å²) in [4.78, 5) is 16.5. The third-order valence-electron chi connectivity index (χ3n) is 6.99. The van der Waals surface area contributed by atoms with Crippen molar-refractivity contribution < 1.29 is 0 Å². The van der Waals surface area contributed by atoms with Crippen LogP contribution >= 0.6 is 11.3 Å². The number of rotatable bonds is 6. The molecule has 0 saturated carbocycles. The number of benzene rings is 4. The van der Waals surface area contributed by atoms with Crippen molar-refractivity contribution in [2.45, 2.75) is 6.92 Å². The second kappa shape index (κ2) is 10.8. The lowest BCUT2D eigenvalue weighted by atomic mass is 10.1. The molecule has 0 unspecified atom stereocenters. The fourth-order valence-corrected chi connectivity index (χ4v) is 6.13. The molecule has 0 saturated heterocycles. The maximum atomic E-state index is 5.21. The van der Waals surface area contributed by atoms with Gasteiger partial charge < -0.3 is 0 Å². The highest BCUT2D eigenvalue weighted by Crippen LogP contribution is 2.39. The Kier molecular flexibility index (Phi) is 6.55. The second-order valence-electron chi connectivity index (χ2n) is 9.69. The van der Waals surface area contributed by atoms with E-state index >= 15 is 0 Å². The Morgan fingerprint density at radius 2 is 1.27 bits per heavy atom. The van der Waals surface area contributed by atoms with Crippen molar-refractivity contribution in [3.63, 3.8) is 0 Å². The Hall–Kier alpha value is -5.13. The van der Waals surface area contributed by atoms with E-state index in [1.54, 1.807) is 11.3 Å². The number of hydrogen-bond acceptors (Lipinski definition) is 4. The lowest BCUT2D eigenvalue weighted by Gasteiger charge is -2.13. The summed E-state index contributed by atoms with van der Waals surface area (Å²) in [5.74, 6) is 1.48. The van der Waals surface area contributed by atoms with E-state index in [-0.39, 0.29) is 0 Å². The molecule has 4 nitrogen and oxygen atoms in total.